The zero-order valence-corrected chi connectivity index (χ0v) is 18.8. The van der Waals surface area contributed by atoms with Gasteiger partial charge in [0, 0.05) is 38.3 Å². The second-order valence-corrected chi connectivity index (χ2v) is 9.08. The minimum atomic E-state index is -3.88. The Morgan fingerprint density at radius 3 is 2.71 bits per heavy atom. The molecule has 1 aliphatic rings. The quantitative estimate of drug-likeness (QED) is 0.566. The van der Waals surface area contributed by atoms with E-state index in [9.17, 15) is 13.2 Å². The molecule has 1 aromatic heterocycles. The molecule has 1 saturated heterocycles. The Bertz CT molecular complexity index is 1020. The number of rotatable bonds is 8. The summed E-state index contributed by atoms with van der Waals surface area (Å²) in [4.78, 5) is 19.5. The molecule has 0 bridgehead atoms. The maximum Gasteiger partial charge on any atom is 0.262 e. The number of pyridine rings is 1. The number of carbonyl (C=O) groups excluding carboxylic acids is 1. The molecule has 0 spiro atoms. The minimum absolute atomic E-state index is 0.0134. The third-order valence-electron chi connectivity index (χ3n) is 5.12. The molecular formula is C21H29N5O4S. The maximum atomic E-state index is 13.0. The molecule has 3 N–H and O–H groups in total. The number of carbonyl (C=O) groups is 1. The number of amides is 1. The number of nitrogens with zero attached hydrogens (tertiary/aromatic N) is 2. The van der Waals surface area contributed by atoms with Gasteiger partial charge in [0.15, 0.2) is 0 Å². The van der Waals surface area contributed by atoms with Gasteiger partial charge in [-0.2, -0.15) is 0 Å². The Hall–Kier alpha value is -2.85. The van der Waals surface area contributed by atoms with E-state index in [4.69, 9.17) is 4.74 Å². The second-order valence-electron chi connectivity index (χ2n) is 7.40. The van der Waals surface area contributed by atoms with Crippen LogP contribution in [-0.2, 0) is 10.0 Å². The molecule has 2 aromatic rings. The van der Waals surface area contributed by atoms with Crippen LogP contribution in [0.1, 0.15) is 30.6 Å². The molecule has 0 aliphatic carbocycles. The predicted molar refractivity (Wildman–Crippen MR) is 120 cm³/mol. The van der Waals surface area contributed by atoms with E-state index in [1.165, 1.54) is 25.4 Å². The van der Waals surface area contributed by atoms with Gasteiger partial charge in [-0.3, -0.25) is 9.52 Å². The van der Waals surface area contributed by atoms with Crippen molar-refractivity contribution in [3.05, 3.63) is 42.1 Å². The summed E-state index contributed by atoms with van der Waals surface area (Å²) in [5.74, 6) is 0.702. The smallest absolute Gasteiger partial charge is 0.262 e. The Morgan fingerprint density at radius 1 is 1.29 bits per heavy atom. The average Bonchev–Trinajstić information content (AvgIpc) is 2.79. The summed E-state index contributed by atoms with van der Waals surface area (Å²) in [6.07, 6.45) is 2.22. The van der Waals surface area contributed by atoms with Gasteiger partial charge in [-0.1, -0.05) is 13.0 Å². The number of benzene rings is 1. The van der Waals surface area contributed by atoms with Crippen LogP contribution in [0, 0.1) is 0 Å². The van der Waals surface area contributed by atoms with E-state index in [1.807, 2.05) is 18.7 Å². The van der Waals surface area contributed by atoms with E-state index in [1.54, 1.807) is 18.2 Å². The fourth-order valence-electron chi connectivity index (χ4n) is 3.20. The topological polar surface area (TPSA) is 113 Å². The molecule has 0 radical (unpaired) electrons. The molecule has 1 aromatic carbocycles. The van der Waals surface area contributed by atoms with Crippen LogP contribution in [0.4, 0.5) is 11.5 Å². The summed E-state index contributed by atoms with van der Waals surface area (Å²) in [5.41, 5.74) is 0.559. The van der Waals surface area contributed by atoms with Crippen LogP contribution in [0.25, 0.3) is 0 Å². The number of ether oxygens (including phenoxy) is 1. The zero-order chi connectivity index (χ0) is 22.4. The summed E-state index contributed by atoms with van der Waals surface area (Å²) in [6, 6.07) is 7.70. The van der Waals surface area contributed by atoms with Crippen LogP contribution < -0.4 is 25.0 Å². The van der Waals surface area contributed by atoms with Crippen LogP contribution in [0.3, 0.4) is 0 Å². The van der Waals surface area contributed by atoms with Crippen LogP contribution in [0.5, 0.6) is 5.75 Å². The summed E-state index contributed by atoms with van der Waals surface area (Å²) in [6.45, 7) is 6.91. The van der Waals surface area contributed by atoms with Gasteiger partial charge in [0.2, 0.25) is 0 Å². The molecule has 31 heavy (non-hydrogen) atoms. The van der Waals surface area contributed by atoms with Crippen molar-refractivity contribution in [3.8, 4) is 5.75 Å². The summed E-state index contributed by atoms with van der Waals surface area (Å²) in [5, 5.41) is 6.22. The molecule has 3 rings (SSSR count). The lowest BCUT2D eigenvalue weighted by atomic mass is 10.1. The lowest BCUT2D eigenvalue weighted by Gasteiger charge is -2.30. The van der Waals surface area contributed by atoms with Crippen molar-refractivity contribution >= 4 is 27.4 Å². The highest BCUT2D eigenvalue weighted by atomic mass is 32.2. The van der Waals surface area contributed by atoms with E-state index < -0.39 is 10.0 Å². The van der Waals surface area contributed by atoms with Crippen molar-refractivity contribution in [1.29, 1.82) is 0 Å². The van der Waals surface area contributed by atoms with Gasteiger partial charge in [0.05, 0.1) is 29.5 Å². The van der Waals surface area contributed by atoms with Crippen molar-refractivity contribution in [1.82, 2.24) is 15.6 Å². The first-order valence-corrected chi connectivity index (χ1v) is 11.8. The van der Waals surface area contributed by atoms with Crippen molar-refractivity contribution in [2.75, 3.05) is 42.9 Å². The van der Waals surface area contributed by atoms with Gasteiger partial charge in [-0.15, -0.1) is 0 Å². The van der Waals surface area contributed by atoms with E-state index >= 15 is 0 Å². The van der Waals surface area contributed by atoms with Gasteiger partial charge in [0.1, 0.15) is 11.6 Å². The Kier molecular flexibility index (Phi) is 7.34. The standard InChI is InChI=1S/C21H29N5O4S/c1-4-15(2)24-21(27)19-12-16(14-23-20(19)26-10-8-22-9-11-26)25-31(28,29)18-7-5-6-17(13-18)30-3/h5-7,12-15,22,25H,4,8-11H2,1-3H3,(H,24,27). The highest BCUT2D eigenvalue weighted by Gasteiger charge is 2.23. The first-order chi connectivity index (χ1) is 14.8. The normalized spacial score (nSPS) is 15.3. The van der Waals surface area contributed by atoms with E-state index in [-0.39, 0.29) is 22.5 Å². The van der Waals surface area contributed by atoms with Crippen molar-refractivity contribution in [2.45, 2.75) is 31.2 Å². The van der Waals surface area contributed by atoms with Crippen molar-refractivity contribution in [3.63, 3.8) is 0 Å². The van der Waals surface area contributed by atoms with Gasteiger partial charge in [0.25, 0.3) is 15.9 Å². The van der Waals surface area contributed by atoms with Crippen LogP contribution in [0.15, 0.2) is 41.4 Å². The third kappa shape index (κ3) is 5.65. The number of piperazine rings is 1. The third-order valence-corrected chi connectivity index (χ3v) is 6.50. The van der Waals surface area contributed by atoms with Crippen molar-refractivity contribution in [2.24, 2.45) is 0 Å². The van der Waals surface area contributed by atoms with E-state index in [0.717, 1.165) is 19.5 Å². The van der Waals surface area contributed by atoms with Gasteiger partial charge in [-0.05, 0) is 31.5 Å². The van der Waals surface area contributed by atoms with Gasteiger partial charge in [-0.25, -0.2) is 13.4 Å². The molecular weight excluding hydrogens is 418 g/mol. The lowest BCUT2D eigenvalue weighted by molar-refractivity contribution is 0.0939. The summed E-state index contributed by atoms with van der Waals surface area (Å²) < 4.78 is 33.3. The van der Waals surface area contributed by atoms with Gasteiger partial charge >= 0.3 is 0 Å². The SMILES string of the molecule is CCC(C)NC(=O)c1cc(NS(=O)(=O)c2cccc(OC)c2)cnc1N1CCNCC1. The lowest BCUT2D eigenvalue weighted by Crippen LogP contribution is -2.45. The highest BCUT2D eigenvalue weighted by molar-refractivity contribution is 7.92. The Morgan fingerprint density at radius 2 is 2.03 bits per heavy atom. The summed E-state index contributed by atoms with van der Waals surface area (Å²) in [7, 11) is -2.41. The van der Waals surface area contributed by atoms with E-state index in [2.05, 4.69) is 20.3 Å². The number of sulfonamides is 1. The molecule has 2 heterocycles. The minimum Gasteiger partial charge on any atom is -0.497 e. The Balaban J connectivity index is 1.93. The Labute approximate surface area is 183 Å². The maximum absolute atomic E-state index is 13.0. The summed E-state index contributed by atoms with van der Waals surface area (Å²) >= 11 is 0. The highest BCUT2D eigenvalue weighted by Crippen LogP contribution is 2.25. The fourth-order valence-corrected chi connectivity index (χ4v) is 4.26. The van der Waals surface area contributed by atoms with Crippen LogP contribution in [0.2, 0.25) is 0 Å². The molecule has 168 valence electrons. The van der Waals surface area contributed by atoms with Crippen LogP contribution in [-0.4, -0.2) is 58.6 Å². The number of methoxy groups -OCH3 is 1. The number of hydrogen-bond donors (Lipinski definition) is 3. The monoisotopic (exact) mass is 447 g/mol. The number of anilines is 2. The molecule has 1 amide bonds. The average molecular weight is 448 g/mol. The van der Waals surface area contributed by atoms with E-state index in [0.29, 0.717) is 30.2 Å². The molecule has 1 atom stereocenters. The number of aromatic nitrogens is 1. The zero-order valence-electron chi connectivity index (χ0n) is 18.0. The molecule has 0 saturated carbocycles. The second kappa shape index (κ2) is 9.97. The first kappa shape index (κ1) is 22.8. The number of hydrogen-bond acceptors (Lipinski definition) is 7. The largest absolute Gasteiger partial charge is 0.497 e. The predicted octanol–water partition coefficient (Wildman–Crippen LogP) is 1.83. The molecule has 1 fully saturated rings. The molecule has 1 aliphatic heterocycles. The first-order valence-electron chi connectivity index (χ1n) is 10.3. The fraction of sp³-hybridized carbons (Fsp3) is 0.429. The van der Waals surface area contributed by atoms with Crippen LogP contribution >= 0.6 is 0 Å². The van der Waals surface area contributed by atoms with Crippen molar-refractivity contribution < 1.29 is 17.9 Å². The molecule has 9 nitrogen and oxygen atoms in total. The number of nitrogens with one attached hydrogen (secondary N) is 3. The molecule has 10 heteroatoms. The van der Waals surface area contributed by atoms with Gasteiger partial charge < -0.3 is 20.3 Å². The molecule has 1 unspecified atom stereocenters.